The summed E-state index contributed by atoms with van der Waals surface area (Å²) < 4.78 is 18.7. The summed E-state index contributed by atoms with van der Waals surface area (Å²) >= 11 is 0. The van der Waals surface area contributed by atoms with Gasteiger partial charge in [-0.15, -0.1) is 0 Å². The van der Waals surface area contributed by atoms with Crippen LogP contribution in [0.25, 0.3) is 0 Å². The van der Waals surface area contributed by atoms with Crippen LogP contribution in [0.3, 0.4) is 0 Å². The molecule has 0 unspecified atom stereocenters. The summed E-state index contributed by atoms with van der Waals surface area (Å²) in [5.41, 5.74) is 0.952. The van der Waals surface area contributed by atoms with E-state index >= 15 is 0 Å². The van der Waals surface area contributed by atoms with Gasteiger partial charge in [-0.25, -0.2) is 0 Å². The summed E-state index contributed by atoms with van der Waals surface area (Å²) in [4.78, 5) is 11.4. The van der Waals surface area contributed by atoms with Crippen LogP contribution in [0, 0.1) is 5.41 Å². The third-order valence-corrected chi connectivity index (χ3v) is 5.83. The molecule has 2 fully saturated rings. The molecule has 2 aliphatic rings. The van der Waals surface area contributed by atoms with Gasteiger partial charge in [0.1, 0.15) is 5.78 Å². The predicted octanol–water partition coefficient (Wildman–Crippen LogP) is 4.26. The van der Waals surface area contributed by atoms with Crippen LogP contribution in [-0.4, -0.2) is 30.9 Å². The second kappa shape index (κ2) is 7.98. The largest absolute Gasteiger partial charge is 0.373 e. The van der Waals surface area contributed by atoms with E-state index in [0.29, 0.717) is 26.2 Å². The third-order valence-electron chi connectivity index (χ3n) is 5.83. The first-order valence-electron chi connectivity index (χ1n) is 9.49. The fraction of sp³-hybridized carbons (Fsp3) is 0.667. The monoisotopic (exact) mass is 346 g/mol. The van der Waals surface area contributed by atoms with Crippen molar-refractivity contribution in [1.82, 2.24) is 0 Å². The molecule has 4 nitrogen and oxygen atoms in total. The number of carbonyl (C=O) groups is 1. The summed E-state index contributed by atoms with van der Waals surface area (Å²) in [7, 11) is 0. The minimum absolute atomic E-state index is 0.0755. The maximum absolute atomic E-state index is 11.4. The molecule has 4 heteroatoms. The highest BCUT2D eigenvalue weighted by Crippen LogP contribution is 2.53. The average Bonchev–Trinajstić information content (AvgIpc) is 3.07. The number of rotatable bonds is 7. The Hall–Kier alpha value is -1.23. The fourth-order valence-corrected chi connectivity index (χ4v) is 4.39. The van der Waals surface area contributed by atoms with Crippen molar-refractivity contribution in [3.8, 4) is 0 Å². The van der Waals surface area contributed by atoms with E-state index in [1.165, 1.54) is 5.56 Å². The van der Waals surface area contributed by atoms with Gasteiger partial charge in [0, 0.05) is 18.3 Å². The van der Waals surface area contributed by atoms with Gasteiger partial charge in [0.2, 0.25) is 0 Å². The summed E-state index contributed by atoms with van der Waals surface area (Å²) in [6.07, 6.45) is 5.38. The van der Waals surface area contributed by atoms with E-state index in [9.17, 15) is 4.79 Å². The van der Waals surface area contributed by atoms with Crippen molar-refractivity contribution in [2.45, 2.75) is 70.9 Å². The molecular formula is C21H30O4. The van der Waals surface area contributed by atoms with Gasteiger partial charge in [0.05, 0.1) is 25.9 Å². The predicted molar refractivity (Wildman–Crippen MR) is 96.1 cm³/mol. The molecule has 1 aliphatic heterocycles. The molecule has 0 N–H and O–H groups in total. The molecule has 1 saturated carbocycles. The van der Waals surface area contributed by atoms with Gasteiger partial charge < -0.3 is 19.0 Å². The second-order valence-electron chi connectivity index (χ2n) is 7.60. The summed E-state index contributed by atoms with van der Waals surface area (Å²) in [6, 6.07) is 10.3. The minimum atomic E-state index is -0.552. The van der Waals surface area contributed by atoms with Crippen molar-refractivity contribution in [2.75, 3.05) is 13.2 Å². The average molecular weight is 346 g/mol. The second-order valence-corrected chi connectivity index (χ2v) is 7.60. The quantitative estimate of drug-likeness (QED) is 0.740. The normalized spacial score (nSPS) is 28.3. The Labute approximate surface area is 150 Å². The SMILES string of the molecule is CC(=O)CCC[C@@]1(C)[C@H](OCc2ccccc2)CCCC12OCCO2. The topological polar surface area (TPSA) is 44.8 Å². The number of Topliss-reactive ketones (excluding diaryl/α,β-unsaturated/α-hetero) is 1. The van der Waals surface area contributed by atoms with E-state index in [1.807, 2.05) is 18.2 Å². The number of ether oxygens (including phenoxy) is 3. The number of benzene rings is 1. The van der Waals surface area contributed by atoms with Crippen molar-refractivity contribution in [1.29, 1.82) is 0 Å². The van der Waals surface area contributed by atoms with Gasteiger partial charge in [-0.05, 0) is 38.2 Å². The van der Waals surface area contributed by atoms with Crippen LogP contribution in [0.2, 0.25) is 0 Å². The smallest absolute Gasteiger partial charge is 0.176 e. The maximum atomic E-state index is 11.4. The van der Waals surface area contributed by atoms with E-state index in [-0.39, 0.29) is 17.3 Å². The molecule has 0 radical (unpaired) electrons. The molecule has 1 aromatic rings. The fourth-order valence-electron chi connectivity index (χ4n) is 4.39. The van der Waals surface area contributed by atoms with E-state index in [0.717, 1.165) is 32.1 Å². The highest BCUT2D eigenvalue weighted by molar-refractivity contribution is 5.75. The molecule has 0 amide bonds. The molecule has 1 aliphatic carbocycles. The van der Waals surface area contributed by atoms with Gasteiger partial charge >= 0.3 is 0 Å². The van der Waals surface area contributed by atoms with Crippen LogP contribution in [0.4, 0.5) is 0 Å². The van der Waals surface area contributed by atoms with E-state index < -0.39 is 5.79 Å². The lowest BCUT2D eigenvalue weighted by atomic mass is 9.65. The highest BCUT2D eigenvalue weighted by Gasteiger charge is 2.58. The highest BCUT2D eigenvalue weighted by atomic mass is 16.7. The Morgan fingerprint density at radius 3 is 2.64 bits per heavy atom. The third kappa shape index (κ3) is 3.97. The Morgan fingerprint density at radius 1 is 1.24 bits per heavy atom. The van der Waals surface area contributed by atoms with E-state index in [4.69, 9.17) is 14.2 Å². The zero-order chi connectivity index (χ0) is 17.8. The van der Waals surface area contributed by atoms with Crippen molar-refractivity contribution >= 4 is 5.78 Å². The zero-order valence-corrected chi connectivity index (χ0v) is 15.5. The van der Waals surface area contributed by atoms with Gasteiger partial charge in [-0.1, -0.05) is 37.3 Å². The van der Waals surface area contributed by atoms with E-state index in [2.05, 4.69) is 19.1 Å². The zero-order valence-electron chi connectivity index (χ0n) is 15.5. The molecule has 2 atom stereocenters. The molecule has 1 saturated heterocycles. The van der Waals surface area contributed by atoms with Crippen LogP contribution in [0.15, 0.2) is 30.3 Å². The Bertz CT molecular complexity index is 565. The van der Waals surface area contributed by atoms with Gasteiger partial charge in [-0.2, -0.15) is 0 Å². The van der Waals surface area contributed by atoms with Crippen LogP contribution in [0.1, 0.15) is 57.9 Å². The first-order valence-corrected chi connectivity index (χ1v) is 9.49. The molecule has 3 rings (SSSR count). The van der Waals surface area contributed by atoms with Gasteiger partial charge in [0.25, 0.3) is 0 Å². The number of ketones is 1. The molecule has 1 spiro atoms. The maximum Gasteiger partial charge on any atom is 0.176 e. The van der Waals surface area contributed by atoms with Crippen LogP contribution >= 0.6 is 0 Å². The number of hydrogen-bond acceptors (Lipinski definition) is 4. The minimum Gasteiger partial charge on any atom is -0.373 e. The molecular weight excluding hydrogens is 316 g/mol. The van der Waals surface area contributed by atoms with Crippen LogP contribution in [-0.2, 0) is 25.6 Å². The van der Waals surface area contributed by atoms with Crippen molar-refractivity contribution in [3.63, 3.8) is 0 Å². The van der Waals surface area contributed by atoms with Crippen LogP contribution in [0.5, 0.6) is 0 Å². The molecule has 25 heavy (non-hydrogen) atoms. The molecule has 1 aromatic carbocycles. The molecule has 0 aromatic heterocycles. The lowest BCUT2D eigenvalue weighted by Gasteiger charge is -2.52. The molecule has 138 valence electrons. The number of carbonyl (C=O) groups excluding carboxylic acids is 1. The molecule has 0 bridgehead atoms. The standard InChI is InChI=1S/C21H30O4/c1-17(22)8-6-12-20(2)19(23-16-18-9-4-3-5-10-18)11-7-13-21(20)24-14-15-25-21/h3-5,9-10,19H,6-8,11-16H2,1-2H3/t19-,20+/m1/s1. The Kier molecular flexibility index (Phi) is 5.92. The lowest BCUT2D eigenvalue weighted by Crippen LogP contribution is -2.57. The van der Waals surface area contributed by atoms with Gasteiger partial charge in [-0.3, -0.25) is 0 Å². The number of hydrogen-bond donors (Lipinski definition) is 0. The van der Waals surface area contributed by atoms with Gasteiger partial charge in [0.15, 0.2) is 5.79 Å². The first kappa shape index (κ1) is 18.6. The van der Waals surface area contributed by atoms with Crippen LogP contribution < -0.4 is 0 Å². The lowest BCUT2D eigenvalue weighted by molar-refractivity contribution is -0.289. The summed E-state index contributed by atoms with van der Waals surface area (Å²) in [5, 5.41) is 0. The molecule has 1 heterocycles. The van der Waals surface area contributed by atoms with Crippen molar-refractivity contribution < 1.29 is 19.0 Å². The Morgan fingerprint density at radius 2 is 1.96 bits per heavy atom. The van der Waals surface area contributed by atoms with Crippen molar-refractivity contribution in [3.05, 3.63) is 35.9 Å². The first-order chi connectivity index (χ1) is 12.1. The Balaban J connectivity index is 1.74. The van der Waals surface area contributed by atoms with Crippen molar-refractivity contribution in [2.24, 2.45) is 5.41 Å². The summed E-state index contributed by atoms with van der Waals surface area (Å²) in [5.74, 6) is -0.313. The van der Waals surface area contributed by atoms with E-state index in [1.54, 1.807) is 6.92 Å². The summed E-state index contributed by atoms with van der Waals surface area (Å²) in [6.45, 7) is 5.78.